The summed E-state index contributed by atoms with van der Waals surface area (Å²) < 4.78 is 0. The smallest absolute Gasteiger partial charge is 0.320 e. The molecule has 2 heterocycles. The Kier molecular flexibility index (Phi) is 3.65. The summed E-state index contributed by atoms with van der Waals surface area (Å²) in [5, 5.41) is 13.1. The maximum Gasteiger partial charge on any atom is 0.320 e. The third-order valence-electron chi connectivity index (χ3n) is 3.97. The fraction of sp³-hybridized carbons (Fsp3) is 0.571. The number of thiophene rings is 1. The normalized spacial score (nSPS) is 22.0. The van der Waals surface area contributed by atoms with Crippen molar-refractivity contribution in [1.82, 2.24) is 9.80 Å². The lowest BCUT2D eigenvalue weighted by Crippen LogP contribution is -2.43. The summed E-state index contributed by atoms with van der Waals surface area (Å²) in [6.45, 7) is 1.55. The van der Waals surface area contributed by atoms with Gasteiger partial charge in [-0.25, -0.2) is 4.79 Å². The van der Waals surface area contributed by atoms with Gasteiger partial charge in [0, 0.05) is 25.7 Å². The van der Waals surface area contributed by atoms with Crippen LogP contribution in [0.2, 0.25) is 0 Å². The van der Waals surface area contributed by atoms with Crippen LogP contribution < -0.4 is 0 Å². The van der Waals surface area contributed by atoms with Crippen molar-refractivity contribution < 1.29 is 14.7 Å². The number of carbonyl (C=O) groups excluding carboxylic acids is 1. The van der Waals surface area contributed by atoms with Gasteiger partial charge in [0.15, 0.2) is 0 Å². The van der Waals surface area contributed by atoms with Gasteiger partial charge >= 0.3 is 12.0 Å². The molecule has 1 saturated carbocycles. The lowest BCUT2D eigenvalue weighted by Gasteiger charge is -2.28. The first-order valence-electron chi connectivity index (χ1n) is 6.94. The Balaban J connectivity index is 1.65. The first-order chi connectivity index (χ1) is 9.65. The van der Waals surface area contributed by atoms with E-state index in [0.717, 1.165) is 18.4 Å². The second-order valence-electron chi connectivity index (χ2n) is 5.54. The second-order valence-corrected chi connectivity index (χ2v) is 6.32. The molecule has 1 aromatic rings. The highest BCUT2D eigenvalue weighted by molar-refractivity contribution is 7.07. The van der Waals surface area contributed by atoms with Gasteiger partial charge in [-0.1, -0.05) is 0 Å². The second kappa shape index (κ2) is 5.44. The van der Waals surface area contributed by atoms with E-state index in [1.54, 1.807) is 16.2 Å². The van der Waals surface area contributed by atoms with Gasteiger partial charge in [-0.15, -0.1) is 0 Å². The number of carboxylic acid groups (broad SMARTS) is 1. The molecule has 0 radical (unpaired) electrons. The Morgan fingerprint density at radius 3 is 2.75 bits per heavy atom. The van der Waals surface area contributed by atoms with E-state index >= 15 is 0 Å². The van der Waals surface area contributed by atoms with Gasteiger partial charge in [0.25, 0.3) is 0 Å². The summed E-state index contributed by atoms with van der Waals surface area (Å²) in [4.78, 5) is 27.2. The standard InChI is InChI=1S/C14H18N2O3S/c17-13(18)11-3-5-15(8-11)14(19)16(12-1-2-12)7-10-4-6-20-9-10/h4,6,9,11-12H,1-3,5,7-8H2,(H,17,18). The van der Waals surface area contributed by atoms with Crippen molar-refractivity contribution in [2.75, 3.05) is 13.1 Å². The molecule has 0 aromatic carbocycles. The molecule has 2 fully saturated rings. The van der Waals surface area contributed by atoms with E-state index in [1.165, 1.54) is 0 Å². The minimum Gasteiger partial charge on any atom is -0.481 e. The molecule has 1 unspecified atom stereocenters. The summed E-state index contributed by atoms with van der Waals surface area (Å²) in [5.41, 5.74) is 1.16. The van der Waals surface area contributed by atoms with Crippen LogP contribution in [0, 0.1) is 5.92 Å². The Morgan fingerprint density at radius 2 is 2.20 bits per heavy atom. The highest BCUT2D eigenvalue weighted by Gasteiger charge is 2.38. The third kappa shape index (κ3) is 2.80. The summed E-state index contributed by atoms with van der Waals surface area (Å²) in [6.07, 6.45) is 2.69. The highest BCUT2D eigenvalue weighted by Crippen LogP contribution is 2.31. The van der Waals surface area contributed by atoms with Crippen LogP contribution in [0.5, 0.6) is 0 Å². The van der Waals surface area contributed by atoms with Crippen molar-refractivity contribution in [3.63, 3.8) is 0 Å². The Morgan fingerprint density at radius 1 is 1.40 bits per heavy atom. The number of aliphatic carboxylic acids is 1. The molecule has 1 N–H and O–H groups in total. The van der Waals surface area contributed by atoms with Gasteiger partial charge in [-0.3, -0.25) is 4.79 Å². The maximum absolute atomic E-state index is 12.6. The maximum atomic E-state index is 12.6. The van der Waals surface area contributed by atoms with E-state index in [1.807, 2.05) is 16.3 Å². The average Bonchev–Trinajstić information content (AvgIpc) is 2.95. The fourth-order valence-corrected chi connectivity index (χ4v) is 3.30. The van der Waals surface area contributed by atoms with Crippen LogP contribution in [0.4, 0.5) is 4.79 Å². The number of nitrogens with zero attached hydrogens (tertiary/aromatic N) is 2. The fourth-order valence-electron chi connectivity index (χ4n) is 2.64. The van der Waals surface area contributed by atoms with Crippen LogP contribution in [0.3, 0.4) is 0 Å². The van der Waals surface area contributed by atoms with E-state index in [4.69, 9.17) is 5.11 Å². The summed E-state index contributed by atoms with van der Waals surface area (Å²) in [7, 11) is 0. The SMILES string of the molecule is O=C(O)C1CCN(C(=O)N(Cc2ccsc2)C2CC2)C1. The number of hydrogen-bond donors (Lipinski definition) is 1. The largest absolute Gasteiger partial charge is 0.481 e. The molecule has 5 nitrogen and oxygen atoms in total. The van der Waals surface area contributed by atoms with Crippen molar-refractivity contribution in [1.29, 1.82) is 0 Å². The van der Waals surface area contributed by atoms with Crippen molar-refractivity contribution >= 4 is 23.3 Å². The molecule has 1 aliphatic heterocycles. The van der Waals surface area contributed by atoms with Gasteiger partial charge in [0.05, 0.1) is 5.92 Å². The first kappa shape index (κ1) is 13.4. The van der Waals surface area contributed by atoms with E-state index < -0.39 is 11.9 Å². The monoisotopic (exact) mass is 294 g/mol. The number of carboxylic acids is 1. The van der Waals surface area contributed by atoms with Crippen molar-refractivity contribution in [2.24, 2.45) is 5.92 Å². The third-order valence-corrected chi connectivity index (χ3v) is 4.71. The van der Waals surface area contributed by atoms with E-state index in [-0.39, 0.29) is 6.03 Å². The highest BCUT2D eigenvalue weighted by atomic mass is 32.1. The zero-order valence-corrected chi connectivity index (χ0v) is 12.0. The topological polar surface area (TPSA) is 60.9 Å². The molecular formula is C14H18N2O3S. The van der Waals surface area contributed by atoms with E-state index in [2.05, 4.69) is 5.38 Å². The zero-order chi connectivity index (χ0) is 14.1. The molecule has 1 atom stereocenters. The molecule has 3 rings (SSSR count). The number of carbonyl (C=O) groups is 2. The van der Waals surface area contributed by atoms with Crippen molar-refractivity contribution in [2.45, 2.75) is 31.8 Å². The summed E-state index contributed by atoms with van der Waals surface area (Å²) >= 11 is 1.63. The van der Waals surface area contributed by atoms with Crippen LogP contribution in [0.1, 0.15) is 24.8 Å². The molecule has 1 saturated heterocycles. The van der Waals surface area contributed by atoms with Gasteiger partial charge < -0.3 is 14.9 Å². The van der Waals surface area contributed by atoms with Crippen LogP contribution >= 0.6 is 11.3 Å². The minimum atomic E-state index is -0.795. The van der Waals surface area contributed by atoms with Crippen LogP contribution in [-0.2, 0) is 11.3 Å². The minimum absolute atomic E-state index is 0.00227. The van der Waals surface area contributed by atoms with Crippen LogP contribution in [0.15, 0.2) is 16.8 Å². The van der Waals surface area contributed by atoms with Crippen molar-refractivity contribution in [3.8, 4) is 0 Å². The number of hydrogen-bond acceptors (Lipinski definition) is 3. The van der Waals surface area contributed by atoms with E-state index in [0.29, 0.717) is 32.1 Å². The van der Waals surface area contributed by atoms with Gasteiger partial charge in [-0.05, 0) is 41.7 Å². The lowest BCUT2D eigenvalue weighted by molar-refractivity contribution is -0.141. The molecule has 108 valence electrons. The number of urea groups is 1. The molecular weight excluding hydrogens is 276 g/mol. The number of amides is 2. The van der Waals surface area contributed by atoms with Gasteiger partial charge in [-0.2, -0.15) is 11.3 Å². The molecule has 1 aromatic heterocycles. The van der Waals surface area contributed by atoms with Crippen LogP contribution in [0.25, 0.3) is 0 Å². The Labute approximate surface area is 121 Å². The molecule has 2 aliphatic rings. The number of rotatable bonds is 4. The van der Waals surface area contributed by atoms with Gasteiger partial charge in [0.2, 0.25) is 0 Å². The van der Waals surface area contributed by atoms with Crippen molar-refractivity contribution in [3.05, 3.63) is 22.4 Å². The predicted molar refractivity (Wildman–Crippen MR) is 75.6 cm³/mol. The molecule has 1 aliphatic carbocycles. The average molecular weight is 294 g/mol. The lowest BCUT2D eigenvalue weighted by atomic mass is 10.1. The molecule has 0 bridgehead atoms. The Hall–Kier alpha value is -1.56. The zero-order valence-electron chi connectivity index (χ0n) is 11.2. The molecule has 2 amide bonds. The summed E-state index contributed by atoms with van der Waals surface area (Å²) in [5.74, 6) is -1.20. The quantitative estimate of drug-likeness (QED) is 0.926. The Bertz CT molecular complexity index is 499. The molecule has 6 heteroatoms. The predicted octanol–water partition coefficient (Wildman–Crippen LogP) is 2.24. The first-order valence-corrected chi connectivity index (χ1v) is 7.89. The number of likely N-dealkylation sites (tertiary alicyclic amines) is 1. The summed E-state index contributed by atoms with van der Waals surface area (Å²) in [6, 6.07) is 2.38. The van der Waals surface area contributed by atoms with Gasteiger partial charge in [0.1, 0.15) is 0 Å². The van der Waals surface area contributed by atoms with E-state index in [9.17, 15) is 9.59 Å². The molecule has 0 spiro atoms. The van der Waals surface area contributed by atoms with Crippen LogP contribution in [-0.4, -0.2) is 46.0 Å². The molecule has 20 heavy (non-hydrogen) atoms.